The smallest absolute Gasteiger partial charge is 0.378 e. The molecule has 1 aliphatic rings. The number of alkyl halides is 3. The number of aromatic nitrogens is 3. The van der Waals surface area contributed by atoms with Gasteiger partial charge in [-0.1, -0.05) is 23.2 Å². The van der Waals surface area contributed by atoms with Gasteiger partial charge in [0.15, 0.2) is 0 Å². The van der Waals surface area contributed by atoms with Crippen LogP contribution in [0.25, 0.3) is 11.0 Å². The summed E-state index contributed by atoms with van der Waals surface area (Å²) < 4.78 is 44.5. The molecule has 0 aliphatic carbocycles. The molecule has 31 heavy (non-hydrogen) atoms. The number of halogens is 5. The SMILES string of the molecule is Cc1cc(C(F)(F)F)nc2[nH]c(Cc3c(Cl)cnc(C(=O)N4CCOCC4)c3Cl)cc12. The topological polar surface area (TPSA) is 71.1 Å². The first-order valence-corrected chi connectivity index (χ1v) is 10.2. The second-order valence-corrected chi connectivity index (χ2v) is 7.99. The minimum absolute atomic E-state index is 0.0766. The van der Waals surface area contributed by atoms with Crippen molar-refractivity contribution in [1.29, 1.82) is 0 Å². The average molecular weight is 473 g/mol. The molecule has 3 aromatic heterocycles. The number of hydrogen-bond acceptors (Lipinski definition) is 4. The van der Waals surface area contributed by atoms with Crippen LogP contribution >= 0.6 is 23.2 Å². The summed E-state index contributed by atoms with van der Waals surface area (Å²) in [5.41, 5.74) is 0.681. The summed E-state index contributed by atoms with van der Waals surface area (Å²) in [5.74, 6) is -0.324. The van der Waals surface area contributed by atoms with Gasteiger partial charge in [-0.05, 0) is 30.2 Å². The number of carbonyl (C=O) groups excluding carboxylic acids is 1. The Bertz CT molecular complexity index is 1160. The lowest BCUT2D eigenvalue weighted by Crippen LogP contribution is -2.41. The van der Waals surface area contributed by atoms with Crippen LogP contribution in [0.4, 0.5) is 13.2 Å². The van der Waals surface area contributed by atoms with E-state index in [9.17, 15) is 18.0 Å². The standard InChI is InChI=1S/C20H17Cl2F3N4O2/c1-10-6-15(20(23,24)25)28-18-12(10)7-11(27-18)8-13-14(21)9-26-17(16(13)22)19(30)29-2-4-31-5-3-29/h6-7,9H,2-5,8H2,1H3,(H,27,28). The fourth-order valence-corrected chi connectivity index (χ4v) is 4.04. The third kappa shape index (κ3) is 4.35. The zero-order valence-corrected chi connectivity index (χ0v) is 17.8. The lowest BCUT2D eigenvalue weighted by molar-refractivity contribution is -0.141. The summed E-state index contributed by atoms with van der Waals surface area (Å²) in [6.07, 6.45) is -3.03. The normalized spacial score (nSPS) is 15.0. The van der Waals surface area contributed by atoms with Gasteiger partial charge in [-0.2, -0.15) is 13.2 Å². The molecule has 0 radical (unpaired) electrons. The Kier molecular flexibility index (Phi) is 5.85. The quantitative estimate of drug-likeness (QED) is 0.601. The van der Waals surface area contributed by atoms with E-state index < -0.39 is 11.9 Å². The number of aryl methyl sites for hydroxylation is 1. The van der Waals surface area contributed by atoms with Crippen molar-refractivity contribution in [3.8, 4) is 0 Å². The van der Waals surface area contributed by atoms with Gasteiger partial charge in [0.2, 0.25) is 0 Å². The highest BCUT2D eigenvalue weighted by Crippen LogP contribution is 2.33. The van der Waals surface area contributed by atoms with Gasteiger partial charge in [0.05, 0.1) is 23.3 Å². The maximum absolute atomic E-state index is 13.1. The molecule has 3 aromatic rings. The Morgan fingerprint density at radius 1 is 1.26 bits per heavy atom. The van der Waals surface area contributed by atoms with Crippen LogP contribution in [-0.4, -0.2) is 52.1 Å². The molecule has 1 fully saturated rings. The maximum atomic E-state index is 13.1. The van der Waals surface area contributed by atoms with Gasteiger partial charge in [0, 0.05) is 36.8 Å². The first-order valence-electron chi connectivity index (χ1n) is 9.41. The Balaban J connectivity index is 1.68. The van der Waals surface area contributed by atoms with E-state index in [1.807, 2.05) is 0 Å². The largest absolute Gasteiger partial charge is 0.433 e. The molecule has 0 spiro atoms. The van der Waals surface area contributed by atoms with Gasteiger partial charge in [0.1, 0.15) is 17.0 Å². The van der Waals surface area contributed by atoms with E-state index in [1.54, 1.807) is 17.9 Å². The number of amides is 1. The Morgan fingerprint density at radius 3 is 2.65 bits per heavy atom. The van der Waals surface area contributed by atoms with E-state index in [0.29, 0.717) is 48.5 Å². The van der Waals surface area contributed by atoms with Crippen molar-refractivity contribution in [1.82, 2.24) is 19.9 Å². The van der Waals surface area contributed by atoms with E-state index in [0.717, 1.165) is 6.07 Å². The molecule has 1 saturated heterocycles. The van der Waals surface area contributed by atoms with E-state index >= 15 is 0 Å². The molecule has 0 bridgehead atoms. The molecule has 0 unspecified atom stereocenters. The van der Waals surface area contributed by atoms with Gasteiger partial charge < -0.3 is 14.6 Å². The zero-order valence-electron chi connectivity index (χ0n) is 16.3. The molecular formula is C20H17Cl2F3N4O2. The number of carbonyl (C=O) groups is 1. The highest BCUT2D eigenvalue weighted by atomic mass is 35.5. The molecule has 4 heterocycles. The number of nitrogens with zero attached hydrogens (tertiary/aromatic N) is 3. The monoisotopic (exact) mass is 472 g/mol. The third-order valence-corrected chi connectivity index (χ3v) is 5.82. The lowest BCUT2D eigenvalue weighted by atomic mass is 10.1. The highest BCUT2D eigenvalue weighted by molar-refractivity contribution is 6.37. The summed E-state index contributed by atoms with van der Waals surface area (Å²) in [7, 11) is 0. The fraction of sp³-hybridized carbons (Fsp3) is 0.350. The Hall–Kier alpha value is -2.36. The molecule has 11 heteroatoms. The summed E-state index contributed by atoms with van der Waals surface area (Å²) >= 11 is 12.8. The second-order valence-electron chi connectivity index (χ2n) is 7.21. The minimum Gasteiger partial charge on any atom is -0.378 e. The predicted molar refractivity (Wildman–Crippen MR) is 110 cm³/mol. The average Bonchev–Trinajstić information content (AvgIpc) is 3.14. The minimum atomic E-state index is -4.54. The molecule has 1 aliphatic heterocycles. The number of hydrogen-bond donors (Lipinski definition) is 1. The van der Waals surface area contributed by atoms with Crippen molar-refractivity contribution in [3.05, 3.63) is 56.6 Å². The first-order chi connectivity index (χ1) is 14.6. The second kappa shape index (κ2) is 8.29. The summed E-state index contributed by atoms with van der Waals surface area (Å²) in [6, 6.07) is 2.71. The summed E-state index contributed by atoms with van der Waals surface area (Å²) in [6.45, 7) is 3.32. The number of ether oxygens (including phenoxy) is 1. The van der Waals surface area contributed by atoms with Gasteiger partial charge >= 0.3 is 6.18 Å². The zero-order chi connectivity index (χ0) is 22.3. The van der Waals surface area contributed by atoms with Gasteiger partial charge in [-0.3, -0.25) is 4.79 Å². The number of morpholine rings is 1. The lowest BCUT2D eigenvalue weighted by Gasteiger charge is -2.27. The Labute approximate surface area is 185 Å². The van der Waals surface area contributed by atoms with Crippen LogP contribution in [0.5, 0.6) is 0 Å². The number of rotatable bonds is 3. The summed E-state index contributed by atoms with van der Waals surface area (Å²) in [4.78, 5) is 25.1. The van der Waals surface area contributed by atoms with Crippen molar-refractivity contribution >= 4 is 40.1 Å². The summed E-state index contributed by atoms with van der Waals surface area (Å²) in [5, 5.41) is 0.931. The molecule has 1 N–H and O–H groups in total. The number of nitrogens with one attached hydrogen (secondary N) is 1. The van der Waals surface area contributed by atoms with Crippen molar-refractivity contribution in [2.24, 2.45) is 0 Å². The third-order valence-electron chi connectivity index (χ3n) is 5.09. The van der Waals surface area contributed by atoms with Crippen LogP contribution in [0.2, 0.25) is 10.0 Å². The molecule has 0 atom stereocenters. The molecule has 1 amide bonds. The van der Waals surface area contributed by atoms with Crippen molar-refractivity contribution in [2.75, 3.05) is 26.3 Å². The van der Waals surface area contributed by atoms with Gasteiger partial charge in [0.25, 0.3) is 5.91 Å². The molecule has 164 valence electrons. The van der Waals surface area contributed by atoms with E-state index in [-0.39, 0.29) is 33.7 Å². The van der Waals surface area contributed by atoms with Crippen LogP contribution in [0, 0.1) is 6.92 Å². The van der Waals surface area contributed by atoms with E-state index in [1.165, 1.54) is 6.20 Å². The molecular weight excluding hydrogens is 456 g/mol. The van der Waals surface area contributed by atoms with Gasteiger partial charge in [-0.25, -0.2) is 9.97 Å². The van der Waals surface area contributed by atoms with Gasteiger partial charge in [-0.15, -0.1) is 0 Å². The van der Waals surface area contributed by atoms with Crippen LogP contribution in [-0.2, 0) is 17.3 Å². The van der Waals surface area contributed by atoms with Crippen molar-refractivity contribution in [2.45, 2.75) is 19.5 Å². The van der Waals surface area contributed by atoms with Crippen molar-refractivity contribution in [3.63, 3.8) is 0 Å². The maximum Gasteiger partial charge on any atom is 0.433 e. The first kappa shape index (κ1) is 21.9. The number of aromatic amines is 1. The van der Waals surface area contributed by atoms with Crippen molar-refractivity contribution < 1.29 is 22.7 Å². The van der Waals surface area contributed by atoms with Crippen LogP contribution in [0.1, 0.15) is 33.0 Å². The molecule has 4 rings (SSSR count). The predicted octanol–water partition coefficient (Wildman–Crippen LogP) is 4.66. The molecule has 6 nitrogen and oxygen atoms in total. The van der Waals surface area contributed by atoms with E-state index in [4.69, 9.17) is 27.9 Å². The number of pyridine rings is 2. The molecule has 0 saturated carbocycles. The molecule has 0 aromatic carbocycles. The van der Waals surface area contributed by atoms with Crippen LogP contribution in [0.15, 0.2) is 18.3 Å². The van der Waals surface area contributed by atoms with Crippen LogP contribution in [0.3, 0.4) is 0 Å². The number of fused-ring (bicyclic) bond motifs is 1. The Morgan fingerprint density at radius 2 is 1.97 bits per heavy atom. The number of H-pyrrole nitrogens is 1. The fourth-order valence-electron chi connectivity index (χ4n) is 3.48. The van der Waals surface area contributed by atoms with E-state index in [2.05, 4.69) is 15.0 Å². The highest BCUT2D eigenvalue weighted by Gasteiger charge is 2.33. The van der Waals surface area contributed by atoms with Crippen LogP contribution < -0.4 is 0 Å².